The molecule has 5 heavy (non-hydrogen) atoms. The summed E-state index contributed by atoms with van der Waals surface area (Å²) >= 11 is -2.29. The van der Waals surface area contributed by atoms with E-state index < -0.39 is 22.9 Å². The molecule has 0 fully saturated rings. The number of rotatable bonds is 0. The van der Waals surface area contributed by atoms with E-state index in [1.807, 2.05) is 0 Å². The molecule has 0 spiro atoms. The molecule has 0 aliphatic heterocycles. The summed E-state index contributed by atoms with van der Waals surface area (Å²) in [6, 6.07) is 0. The third-order valence-electron chi connectivity index (χ3n) is 0. The van der Waals surface area contributed by atoms with Crippen molar-refractivity contribution in [2.24, 2.45) is 0 Å². The average Bonchev–Trinajstić information content (AvgIpc) is 1.46. The van der Waals surface area contributed by atoms with E-state index in [0.717, 1.165) is 0 Å². The van der Waals surface area contributed by atoms with Crippen molar-refractivity contribution in [3.63, 3.8) is 0 Å². The van der Waals surface area contributed by atoms with Gasteiger partial charge in [-0.05, 0) is 0 Å². The second kappa shape index (κ2) is 17.7. The molecule has 0 aromatic carbocycles. The van der Waals surface area contributed by atoms with Crippen LogP contribution in [0.2, 0.25) is 0 Å². The summed E-state index contributed by atoms with van der Waals surface area (Å²) in [6.07, 6.45) is 0. The number of hydrogen-bond acceptors (Lipinski definition) is 3. The van der Waals surface area contributed by atoms with Gasteiger partial charge in [0.05, 0.1) is 0 Å². The molecule has 0 saturated heterocycles. The minimum atomic E-state index is -2.42. The average molecular weight is 267 g/mol. The van der Waals surface area contributed by atoms with Crippen LogP contribution in [-0.2, 0) is 30.1 Å². The van der Waals surface area contributed by atoms with Crippen molar-refractivity contribution < 1.29 is 30.1 Å². The molecule has 0 amide bonds. The Labute approximate surface area is 64.8 Å². The second-order valence-corrected chi connectivity index (χ2v) is 0.682. The Bertz CT molecular complexity index is 36.2. The van der Waals surface area contributed by atoms with E-state index in [1.54, 1.807) is 0 Å². The molecule has 0 N–H and O–H groups in total. The molecule has 24 valence electrons. The van der Waals surface area contributed by atoms with Crippen molar-refractivity contribution >= 4 is 35.9 Å². The first-order chi connectivity index (χ1) is 2.41. The summed E-state index contributed by atoms with van der Waals surface area (Å²) < 4.78 is 25.5. The van der Waals surface area contributed by atoms with Crippen LogP contribution in [0.25, 0.3) is 0 Å². The quantitative estimate of drug-likeness (QED) is 0.543. The van der Waals surface area contributed by atoms with E-state index in [2.05, 4.69) is 0 Å². The molecule has 5 heteroatoms. The van der Waals surface area contributed by atoms with Crippen molar-refractivity contribution in [3.05, 3.63) is 0 Å². The molecule has 0 radical (unpaired) electrons. The van der Waals surface area contributed by atoms with E-state index >= 15 is 0 Å². The summed E-state index contributed by atoms with van der Waals surface area (Å²) in [5.74, 6) is 0. The van der Waals surface area contributed by atoms with Gasteiger partial charge in [0, 0.05) is 0 Å². The maximum atomic E-state index is 8.57. The van der Waals surface area contributed by atoms with Gasteiger partial charge >= 0.3 is 65.9 Å². The Balaban J connectivity index is 0. The van der Waals surface area contributed by atoms with Crippen molar-refractivity contribution in [2.75, 3.05) is 0 Å². The fourth-order valence-corrected chi connectivity index (χ4v) is 0. The molecule has 0 atom stereocenters. The number of hydrogen-bond donors (Lipinski definition) is 0. The first-order valence-corrected chi connectivity index (χ1v) is 4.53. The molecule has 0 aliphatic rings. The summed E-state index contributed by atoms with van der Waals surface area (Å²) in [5, 5.41) is 0. The molecule has 0 heterocycles. The molecular weight excluding hydrogens is 267 g/mol. The second-order valence-electron chi connectivity index (χ2n) is 0.0833. The van der Waals surface area contributed by atoms with Gasteiger partial charge < -0.3 is 0 Å². The summed E-state index contributed by atoms with van der Waals surface area (Å²) in [4.78, 5) is 0. The summed E-state index contributed by atoms with van der Waals surface area (Å²) in [5.41, 5.74) is 0. The van der Waals surface area contributed by atoms with Gasteiger partial charge in [0.25, 0.3) is 0 Å². The van der Waals surface area contributed by atoms with Crippen molar-refractivity contribution in [3.8, 4) is 0 Å². The van der Waals surface area contributed by atoms with Crippen LogP contribution < -0.4 is 0 Å². The van der Waals surface area contributed by atoms with E-state index in [4.69, 9.17) is 7.14 Å². The zero-order valence-corrected chi connectivity index (χ0v) is 8.23. The van der Waals surface area contributed by atoms with Gasteiger partial charge in [-0.15, -0.1) is 0 Å². The van der Waals surface area contributed by atoms with Gasteiger partial charge in [-0.1, -0.05) is 0 Å². The predicted octanol–water partition coefficient (Wildman–Crippen LogP) is -0.740. The Kier molecular flexibility index (Phi) is 34.5. The van der Waals surface area contributed by atoms with Gasteiger partial charge in [-0.3, -0.25) is 0 Å². The maximum absolute atomic E-state index is 8.57. The van der Waals surface area contributed by atoms with E-state index in [0.29, 0.717) is 0 Å². The Morgan fingerprint density at radius 2 is 1.20 bits per heavy atom. The van der Waals surface area contributed by atoms with Crippen molar-refractivity contribution in [2.45, 2.75) is 0 Å². The molecule has 0 rings (SSSR count). The zero-order valence-electron chi connectivity index (χ0n) is 2.43. The zero-order chi connectivity index (χ0) is 4.71. The van der Waals surface area contributed by atoms with Gasteiger partial charge in [0.15, 0.2) is 0 Å². The molecule has 0 aromatic heterocycles. The SMILES string of the molecule is [O]=[Ca].[O]=[Hf]=[O]. The van der Waals surface area contributed by atoms with Gasteiger partial charge in [0.2, 0.25) is 0 Å². The van der Waals surface area contributed by atoms with Crippen molar-refractivity contribution in [1.29, 1.82) is 0 Å². The topological polar surface area (TPSA) is 51.2 Å². The van der Waals surface area contributed by atoms with Crippen LogP contribution in [0.15, 0.2) is 0 Å². The van der Waals surface area contributed by atoms with Crippen molar-refractivity contribution in [1.82, 2.24) is 0 Å². The van der Waals surface area contributed by atoms with E-state index in [1.165, 1.54) is 0 Å². The minimum absolute atomic E-state index is 0.125. The molecule has 3 nitrogen and oxygen atoms in total. The molecule has 0 unspecified atom stereocenters. The monoisotopic (exact) mass is 268 g/mol. The Hall–Kier alpha value is 1.53. The van der Waals surface area contributed by atoms with Crippen LogP contribution in [0.1, 0.15) is 0 Å². The third-order valence-corrected chi connectivity index (χ3v) is 0. The molecule has 0 aromatic rings. The fourth-order valence-electron chi connectivity index (χ4n) is 0. The van der Waals surface area contributed by atoms with E-state index in [-0.39, 0.29) is 35.9 Å². The fraction of sp³-hybridized carbons (Fsp3) is 0. The first-order valence-electron chi connectivity index (χ1n) is 0.697. The predicted molar refractivity (Wildman–Crippen MR) is 7.81 cm³/mol. The summed E-state index contributed by atoms with van der Waals surface area (Å²) in [6.45, 7) is 0. The van der Waals surface area contributed by atoms with Crippen LogP contribution >= 0.6 is 0 Å². The Morgan fingerprint density at radius 3 is 1.20 bits per heavy atom. The van der Waals surface area contributed by atoms with Crippen LogP contribution in [0.3, 0.4) is 0 Å². The Morgan fingerprint density at radius 1 is 1.20 bits per heavy atom. The standard InChI is InChI=1S/Ca.Hf.3O. The van der Waals surface area contributed by atoms with E-state index in [9.17, 15) is 0 Å². The molecule has 0 saturated carbocycles. The molecule has 0 bridgehead atoms. The van der Waals surface area contributed by atoms with Crippen LogP contribution in [0, 0.1) is 0 Å². The molecule has 0 aliphatic carbocycles. The van der Waals surface area contributed by atoms with Gasteiger partial charge in [0.1, 0.15) is 0 Å². The van der Waals surface area contributed by atoms with Crippen LogP contribution in [0.5, 0.6) is 0 Å². The van der Waals surface area contributed by atoms with Crippen LogP contribution in [-0.4, -0.2) is 35.9 Å². The van der Waals surface area contributed by atoms with Crippen LogP contribution in [0.4, 0.5) is 0 Å². The third kappa shape index (κ3) is 29.4. The van der Waals surface area contributed by atoms with Gasteiger partial charge in [-0.2, -0.15) is 0 Å². The first kappa shape index (κ1) is 9.73. The van der Waals surface area contributed by atoms with Gasteiger partial charge in [-0.25, -0.2) is 0 Å². The normalized spacial score (nSPS) is 2.80. The molecular formula is CaHfO3. The summed E-state index contributed by atoms with van der Waals surface area (Å²) in [7, 11) is 0.